The number of carbonyl (C=O) groups excluding carboxylic acids is 2. The number of aromatic amines is 1. The standard InChI is InChI=1S/C16H24N4O3/c1-10(2)8-20-9-12(4-5-15(20)22)16(23)17-7-13-18-11(3)6-14(21)19-13/h6,10,12H,4-5,7-9H2,1-3H3,(H,17,23)(H,18,19,21)/t12-/m1/s1. The number of piperidine rings is 1. The van der Waals surface area contributed by atoms with Crippen molar-refractivity contribution in [2.24, 2.45) is 11.8 Å². The smallest absolute Gasteiger partial charge is 0.251 e. The van der Waals surface area contributed by atoms with E-state index in [-0.39, 0.29) is 29.8 Å². The molecule has 1 atom stereocenters. The summed E-state index contributed by atoms with van der Waals surface area (Å²) in [7, 11) is 0. The molecule has 0 bridgehead atoms. The van der Waals surface area contributed by atoms with E-state index < -0.39 is 0 Å². The van der Waals surface area contributed by atoms with Crippen LogP contribution in [0.2, 0.25) is 0 Å². The van der Waals surface area contributed by atoms with Crippen LogP contribution in [0.3, 0.4) is 0 Å². The molecule has 7 heteroatoms. The highest BCUT2D eigenvalue weighted by Crippen LogP contribution is 2.19. The fraction of sp³-hybridized carbons (Fsp3) is 0.625. The van der Waals surface area contributed by atoms with E-state index in [1.54, 1.807) is 11.8 Å². The number of nitrogens with zero attached hydrogens (tertiary/aromatic N) is 2. The predicted molar refractivity (Wildman–Crippen MR) is 85.6 cm³/mol. The molecule has 1 aromatic heterocycles. The van der Waals surface area contributed by atoms with E-state index in [4.69, 9.17) is 0 Å². The number of rotatable bonds is 5. The van der Waals surface area contributed by atoms with Crippen LogP contribution in [0.1, 0.15) is 38.2 Å². The van der Waals surface area contributed by atoms with Gasteiger partial charge in [0.15, 0.2) is 0 Å². The number of amides is 2. The Morgan fingerprint density at radius 3 is 2.87 bits per heavy atom. The van der Waals surface area contributed by atoms with Crippen molar-refractivity contribution >= 4 is 11.8 Å². The fourth-order valence-corrected chi connectivity index (χ4v) is 2.79. The molecule has 0 unspecified atom stereocenters. The molecule has 2 heterocycles. The van der Waals surface area contributed by atoms with Gasteiger partial charge in [0, 0.05) is 31.3 Å². The molecule has 0 radical (unpaired) electrons. The van der Waals surface area contributed by atoms with Crippen molar-refractivity contribution in [3.05, 3.63) is 27.9 Å². The van der Waals surface area contributed by atoms with Gasteiger partial charge < -0.3 is 15.2 Å². The second-order valence-corrected chi connectivity index (χ2v) is 6.48. The number of hydrogen-bond acceptors (Lipinski definition) is 4. The van der Waals surface area contributed by atoms with Crippen LogP contribution in [0.5, 0.6) is 0 Å². The molecule has 1 aliphatic heterocycles. The maximum absolute atomic E-state index is 12.3. The number of H-pyrrole nitrogens is 1. The van der Waals surface area contributed by atoms with Crippen molar-refractivity contribution in [2.75, 3.05) is 13.1 Å². The second kappa shape index (κ2) is 7.39. The van der Waals surface area contributed by atoms with Crippen LogP contribution >= 0.6 is 0 Å². The summed E-state index contributed by atoms with van der Waals surface area (Å²) in [6.45, 7) is 7.16. The van der Waals surface area contributed by atoms with Crippen LogP contribution in [0.25, 0.3) is 0 Å². The average Bonchev–Trinajstić information content (AvgIpc) is 2.45. The molecule has 1 aliphatic rings. The third-order valence-corrected chi connectivity index (χ3v) is 3.81. The van der Waals surface area contributed by atoms with Crippen LogP contribution in [-0.2, 0) is 16.1 Å². The van der Waals surface area contributed by atoms with E-state index in [9.17, 15) is 14.4 Å². The summed E-state index contributed by atoms with van der Waals surface area (Å²) >= 11 is 0. The Bertz CT molecular complexity index is 638. The summed E-state index contributed by atoms with van der Waals surface area (Å²) in [5.41, 5.74) is 0.387. The first kappa shape index (κ1) is 17.2. The van der Waals surface area contributed by atoms with Gasteiger partial charge in [-0.2, -0.15) is 0 Å². The van der Waals surface area contributed by atoms with E-state index >= 15 is 0 Å². The topological polar surface area (TPSA) is 95.2 Å². The molecule has 7 nitrogen and oxygen atoms in total. The Morgan fingerprint density at radius 1 is 1.48 bits per heavy atom. The normalized spacial score (nSPS) is 18.3. The number of nitrogens with one attached hydrogen (secondary N) is 2. The van der Waals surface area contributed by atoms with Gasteiger partial charge in [-0.3, -0.25) is 14.4 Å². The number of aromatic nitrogens is 2. The number of hydrogen-bond donors (Lipinski definition) is 2. The van der Waals surface area contributed by atoms with Gasteiger partial charge in [-0.05, 0) is 19.3 Å². The van der Waals surface area contributed by atoms with Gasteiger partial charge in [0.1, 0.15) is 5.82 Å². The molecule has 1 saturated heterocycles. The Hall–Kier alpha value is -2.18. The van der Waals surface area contributed by atoms with Crippen molar-refractivity contribution in [3.8, 4) is 0 Å². The zero-order chi connectivity index (χ0) is 17.0. The molecular weight excluding hydrogens is 296 g/mol. The maximum Gasteiger partial charge on any atom is 0.251 e. The van der Waals surface area contributed by atoms with Crippen molar-refractivity contribution in [2.45, 2.75) is 40.2 Å². The lowest BCUT2D eigenvalue weighted by molar-refractivity contribution is -0.138. The lowest BCUT2D eigenvalue weighted by atomic mass is 9.96. The van der Waals surface area contributed by atoms with E-state index in [1.807, 2.05) is 0 Å². The van der Waals surface area contributed by atoms with Crippen LogP contribution in [0, 0.1) is 18.8 Å². The molecule has 0 aromatic carbocycles. The van der Waals surface area contributed by atoms with E-state index in [0.717, 1.165) is 0 Å². The van der Waals surface area contributed by atoms with Crippen LogP contribution in [0.15, 0.2) is 10.9 Å². The lowest BCUT2D eigenvalue weighted by Gasteiger charge is -2.33. The van der Waals surface area contributed by atoms with E-state index in [1.165, 1.54) is 6.07 Å². The minimum absolute atomic E-state index is 0.101. The lowest BCUT2D eigenvalue weighted by Crippen LogP contribution is -2.46. The fourth-order valence-electron chi connectivity index (χ4n) is 2.79. The summed E-state index contributed by atoms with van der Waals surface area (Å²) < 4.78 is 0. The molecule has 23 heavy (non-hydrogen) atoms. The molecule has 0 saturated carbocycles. The SMILES string of the molecule is Cc1cc(=O)[nH]c(CNC(=O)[C@@H]2CCC(=O)N(CC(C)C)C2)n1. The van der Waals surface area contributed by atoms with E-state index in [2.05, 4.69) is 29.1 Å². The number of carbonyl (C=O) groups is 2. The molecule has 2 N–H and O–H groups in total. The maximum atomic E-state index is 12.3. The highest BCUT2D eigenvalue weighted by molar-refractivity contribution is 5.83. The van der Waals surface area contributed by atoms with Gasteiger partial charge >= 0.3 is 0 Å². The highest BCUT2D eigenvalue weighted by atomic mass is 16.2. The quantitative estimate of drug-likeness (QED) is 0.830. The largest absolute Gasteiger partial charge is 0.349 e. The minimum atomic E-state index is -0.229. The zero-order valence-electron chi connectivity index (χ0n) is 13.9. The molecular formula is C16H24N4O3. The van der Waals surface area contributed by atoms with Gasteiger partial charge in [0.05, 0.1) is 12.5 Å². The van der Waals surface area contributed by atoms with Gasteiger partial charge in [-0.25, -0.2) is 4.98 Å². The minimum Gasteiger partial charge on any atom is -0.349 e. The van der Waals surface area contributed by atoms with Crippen molar-refractivity contribution in [3.63, 3.8) is 0 Å². The number of aryl methyl sites for hydroxylation is 1. The molecule has 1 fully saturated rings. The summed E-state index contributed by atoms with van der Waals surface area (Å²) in [5.74, 6) is 0.627. The molecule has 2 rings (SSSR count). The van der Waals surface area contributed by atoms with Gasteiger partial charge in [0.2, 0.25) is 11.8 Å². The monoisotopic (exact) mass is 320 g/mol. The Balaban J connectivity index is 1.92. The Labute approximate surface area is 135 Å². The van der Waals surface area contributed by atoms with Crippen molar-refractivity contribution < 1.29 is 9.59 Å². The summed E-state index contributed by atoms with van der Waals surface area (Å²) in [4.78, 5) is 44.1. The van der Waals surface area contributed by atoms with Crippen molar-refractivity contribution in [1.29, 1.82) is 0 Å². The third-order valence-electron chi connectivity index (χ3n) is 3.81. The summed E-state index contributed by atoms with van der Waals surface area (Å²) in [6.07, 6.45) is 0.974. The highest BCUT2D eigenvalue weighted by Gasteiger charge is 2.30. The predicted octanol–water partition coefficient (Wildman–Crippen LogP) is 0.589. The van der Waals surface area contributed by atoms with Gasteiger partial charge in [-0.1, -0.05) is 13.8 Å². The Morgan fingerprint density at radius 2 is 2.22 bits per heavy atom. The zero-order valence-corrected chi connectivity index (χ0v) is 13.9. The van der Waals surface area contributed by atoms with Crippen LogP contribution < -0.4 is 10.9 Å². The van der Waals surface area contributed by atoms with E-state index in [0.29, 0.717) is 43.4 Å². The van der Waals surface area contributed by atoms with Crippen LogP contribution in [-0.4, -0.2) is 39.8 Å². The first-order valence-electron chi connectivity index (χ1n) is 7.97. The van der Waals surface area contributed by atoms with Crippen LogP contribution in [0.4, 0.5) is 0 Å². The van der Waals surface area contributed by atoms with Crippen molar-refractivity contribution in [1.82, 2.24) is 20.2 Å². The number of likely N-dealkylation sites (tertiary alicyclic amines) is 1. The first-order valence-corrected chi connectivity index (χ1v) is 7.97. The van der Waals surface area contributed by atoms with Gasteiger partial charge in [0.25, 0.3) is 5.56 Å². The average molecular weight is 320 g/mol. The molecule has 0 aliphatic carbocycles. The molecule has 0 spiro atoms. The Kier molecular flexibility index (Phi) is 5.52. The molecule has 126 valence electrons. The first-order chi connectivity index (χ1) is 10.8. The summed E-state index contributed by atoms with van der Waals surface area (Å²) in [6, 6.07) is 1.40. The second-order valence-electron chi connectivity index (χ2n) is 6.48. The van der Waals surface area contributed by atoms with Gasteiger partial charge in [-0.15, -0.1) is 0 Å². The molecule has 2 amide bonds. The molecule has 1 aromatic rings. The third kappa shape index (κ3) is 4.91. The summed E-state index contributed by atoms with van der Waals surface area (Å²) in [5, 5.41) is 2.80.